The second-order valence-electron chi connectivity index (χ2n) is 4.99. The van der Waals surface area contributed by atoms with E-state index in [1.54, 1.807) is 6.92 Å². The van der Waals surface area contributed by atoms with Gasteiger partial charge in [0.1, 0.15) is 0 Å². The third kappa shape index (κ3) is 2.70. The van der Waals surface area contributed by atoms with Crippen molar-refractivity contribution < 1.29 is 14.7 Å². The van der Waals surface area contributed by atoms with E-state index in [4.69, 9.17) is 5.73 Å². The van der Waals surface area contributed by atoms with Gasteiger partial charge in [-0.05, 0) is 18.1 Å². The number of hydrogen-bond donors (Lipinski definition) is 2. The van der Waals surface area contributed by atoms with E-state index in [2.05, 4.69) is 0 Å². The first-order valence-corrected chi connectivity index (χ1v) is 6.36. The molecule has 1 heterocycles. The van der Waals surface area contributed by atoms with Gasteiger partial charge in [-0.1, -0.05) is 25.1 Å². The molecule has 1 aliphatic heterocycles. The summed E-state index contributed by atoms with van der Waals surface area (Å²) in [6, 6.07) is 7.47. The van der Waals surface area contributed by atoms with Crippen LogP contribution in [0.15, 0.2) is 24.3 Å². The highest BCUT2D eigenvalue weighted by Gasteiger charge is 2.30. The molecule has 0 fully saturated rings. The lowest BCUT2D eigenvalue weighted by atomic mass is 9.89. The average molecular weight is 262 g/mol. The molecule has 19 heavy (non-hydrogen) atoms. The molecule has 5 heteroatoms. The number of nitrogens with two attached hydrogens (primary N) is 1. The number of carbonyl (C=O) groups excluding carboxylic acids is 1. The first kappa shape index (κ1) is 13.4. The molecule has 0 saturated carbocycles. The van der Waals surface area contributed by atoms with Crippen molar-refractivity contribution in [3.63, 3.8) is 0 Å². The predicted octanol–water partition coefficient (Wildman–Crippen LogP) is 1.19. The minimum atomic E-state index is -0.796. The van der Waals surface area contributed by atoms with Crippen LogP contribution in [0.25, 0.3) is 0 Å². The molecule has 1 aromatic rings. The number of para-hydroxylation sites is 1. The van der Waals surface area contributed by atoms with Gasteiger partial charge in [-0.2, -0.15) is 0 Å². The van der Waals surface area contributed by atoms with Gasteiger partial charge in [0.05, 0.1) is 11.8 Å². The van der Waals surface area contributed by atoms with Crippen molar-refractivity contribution in [1.29, 1.82) is 0 Å². The van der Waals surface area contributed by atoms with E-state index in [1.165, 1.54) is 0 Å². The van der Waals surface area contributed by atoms with Crippen LogP contribution >= 0.6 is 0 Å². The largest absolute Gasteiger partial charge is 0.481 e. The Morgan fingerprint density at radius 3 is 2.79 bits per heavy atom. The second kappa shape index (κ2) is 5.30. The number of benzene rings is 1. The fourth-order valence-corrected chi connectivity index (χ4v) is 2.50. The molecule has 0 aromatic heterocycles. The maximum atomic E-state index is 11.3. The van der Waals surface area contributed by atoms with Crippen molar-refractivity contribution in [2.45, 2.75) is 19.3 Å². The highest BCUT2D eigenvalue weighted by molar-refractivity contribution is 5.81. The van der Waals surface area contributed by atoms with Gasteiger partial charge in [-0.15, -0.1) is 0 Å². The monoisotopic (exact) mass is 262 g/mol. The Morgan fingerprint density at radius 1 is 1.47 bits per heavy atom. The van der Waals surface area contributed by atoms with Crippen LogP contribution in [0.4, 0.5) is 5.69 Å². The van der Waals surface area contributed by atoms with Crippen molar-refractivity contribution in [3.05, 3.63) is 29.8 Å². The van der Waals surface area contributed by atoms with Crippen LogP contribution in [0.1, 0.15) is 24.8 Å². The van der Waals surface area contributed by atoms with Crippen LogP contribution in [0.2, 0.25) is 0 Å². The van der Waals surface area contributed by atoms with Crippen LogP contribution < -0.4 is 10.6 Å². The van der Waals surface area contributed by atoms with Gasteiger partial charge in [-0.25, -0.2) is 0 Å². The third-order valence-corrected chi connectivity index (χ3v) is 3.62. The third-order valence-electron chi connectivity index (χ3n) is 3.62. The van der Waals surface area contributed by atoms with Gasteiger partial charge in [0.25, 0.3) is 0 Å². The Bertz CT molecular complexity index is 501. The van der Waals surface area contributed by atoms with Gasteiger partial charge < -0.3 is 15.7 Å². The number of amides is 1. The molecular formula is C14H18N2O3. The Kier molecular flexibility index (Phi) is 3.74. The maximum absolute atomic E-state index is 11.3. The van der Waals surface area contributed by atoms with E-state index in [1.807, 2.05) is 29.2 Å². The predicted molar refractivity (Wildman–Crippen MR) is 72.0 cm³/mol. The molecule has 5 nitrogen and oxygen atoms in total. The number of primary amides is 1. The summed E-state index contributed by atoms with van der Waals surface area (Å²) in [5.74, 6) is -1.85. The lowest BCUT2D eigenvalue weighted by Gasteiger charge is -2.35. The van der Waals surface area contributed by atoms with Crippen LogP contribution in [0, 0.1) is 5.92 Å². The molecule has 0 spiro atoms. The van der Waals surface area contributed by atoms with E-state index in [0.717, 1.165) is 11.3 Å². The van der Waals surface area contributed by atoms with E-state index in [0.29, 0.717) is 19.5 Å². The molecular weight excluding hydrogens is 244 g/mol. The van der Waals surface area contributed by atoms with Crippen LogP contribution in [-0.2, 0) is 9.59 Å². The summed E-state index contributed by atoms with van der Waals surface area (Å²) in [6.45, 7) is 2.94. The van der Waals surface area contributed by atoms with Crippen LogP contribution in [0.3, 0.4) is 0 Å². The number of hydrogen-bond acceptors (Lipinski definition) is 3. The van der Waals surface area contributed by atoms with Gasteiger partial charge in [-0.3, -0.25) is 9.59 Å². The molecule has 1 aromatic carbocycles. The summed E-state index contributed by atoms with van der Waals surface area (Å²) in [7, 11) is 0. The number of nitrogens with zero attached hydrogens (tertiary/aromatic N) is 1. The lowest BCUT2D eigenvalue weighted by molar-refractivity contribution is -0.139. The lowest BCUT2D eigenvalue weighted by Crippen LogP contribution is -2.39. The smallest absolute Gasteiger partial charge is 0.311 e. The van der Waals surface area contributed by atoms with Gasteiger partial charge >= 0.3 is 5.97 Å². The van der Waals surface area contributed by atoms with E-state index < -0.39 is 11.9 Å². The molecule has 1 aliphatic rings. The van der Waals surface area contributed by atoms with Gasteiger partial charge in [0, 0.05) is 18.8 Å². The quantitative estimate of drug-likeness (QED) is 0.853. The number of aliphatic carboxylic acids is 1. The second-order valence-corrected chi connectivity index (χ2v) is 4.99. The van der Waals surface area contributed by atoms with Crippen LogP contribution in [0.5, 0.6) is 0 Å². The Balaban J connectivity index is 2.28. The van der Waals surface area contributed by atoms with Gasteiger partial charge in [0.2, 0.25) is 5.91 Å². The molecule has 3 N–H and O–H groups in total. The molecule has 0 aliphatic carbocycles. The van der Waals surface area contributed by atoms with E-state index in [9.17, 15) is 14.7 Å². The summed E-state index contributed by atoms with van der Waals surface area (Å²) in [5, 5.41) is 9.25. The normalized spacial score (nSPS) is 19.6. The number of carboxylic acids is 1. The Labute approximate surface area is 112 Å². The first-order chi connectivity index (χ1) is 9.00. The number of fused-ring (bicyclic) bond motifs is 1. The van der Waals surface area contributed by atoms with Crippen molar-refractivity contribution in [3.8, 4) is 0 Å². The molecule has 102 valence electrons. The fraction of sp³-hybridized carbons (Fsp3) is 0.429. The summed E-state index contributed by atoms with van der Waals surface area (Å²) in [4.78, 5) is 24.5. The van der Waals surface area contributed by atoms with Crippen molar-refractivity contribution in [2.75, 3.05) is 18.0 Å². The molecule has 2 atom stereocenters. The highest BCUT2D eigenvalue weighted by Crippen LogP contribution is 2.35. The van der Waals surface area contributed by atoms with Crippen molar-refractivity contribution in [1.82, 2.24) is 0 Å². The minimum absolute atomic E-state index is 0.255. The Hall–Kier alpha value is -2.04. The Morgan fingerprint density at radius 2 is 2.16 bits per heavy atom. The zero-order valence-electron chi connectivity index (χ0n) is 10.9. The molecule has 1 amide bonds. The topological polar surface area (TPSA) is 83.6 Å². The summed E-state index contributed by atoms with van der Waals surface area (Å²) in [6.07, 6.45) is 0.553. The number of rotatable bonds is 4. The fourth-order valence-electron chi connectivity index (χ4n) is 2.50. The summed E-state index contributed by atoms with van der Waals surface area (Å²) in [5.41, 5.74) is 7.00. The standard InChI is InChI=1S/C14H18N2O3/c1-9(13(15)17)8-16-7-6-11(14(18)19)10-4-2-3-5-12(10)16/h2-5,9,11H,6-8H2,1H3,(H2,15,17)(H,18,19). The summed E-state index contributed by atoms with van der Waals surface area (Å²) < 4.78 is 0. The summed E-state index contributed by atoms with van der Waals surface area (Å²) >= 11 is 0. The average Bonchev–Trinajstić information content (AvgIpc) is 2.38. The zero-order valence-corrected chi connectivity index (χ0v) is 10.9. The number of carbonyl (C=O) groups is 2. The molecule has 0 bridgehead atoms. The SMILES string of the molecule is CC(CN1CCC(C(=O)O)c2ccccc21)C(N)=O. The highest BCUT2D eigenvalue weighted by atomic mass is 16.4. The maximum Gasteiger partial charge on any atom is 0.311 e. The van der Waals surface area contributed by atoms with Gasteiger partial charge in [0.15, 0.2) is 0 Å². The van der Waals surface area contributed by atoms with E-state index in [-0.39, 0.29) is 11.8 Å². The number of anilines is 1. The zero-order chi connectivity index (χ0) is 14.0. The molecule has 0 saturated heterocycles. The van der Waals surface area contributed by atoms with Crippen LogP contribution in [-0.4, -0.2) is 30.1 Å². The molecule has 2 rings (SSSR count). The van der Waals surface area contributed by atoms with Crippen molar-refractivity contribution >= 4 is 17.6 Å². The molecule has 2 unspecified atom stereocenters. The minimum Gasteiger partial charge on any atom is -0.481 e. The number of carboxylic acid groups (broad SMARTS) is 1. The molecule has 0 radical (unpaired) electrons. The van der Waals surface area contributed by atoms with E-state index >= 15 is 0 Å². The van der Waals surface area contributed by atoms with Crippen molar-refractivity contribution in [2.24, 2.45) is 11.7 Å². The first-order valence-electron chi connectivity index (χ1n) is 6.36.